The van der Waals surface area contributed by atoms with Crippen molar-refractivity contribution in [1.29, 1.82) is 0 Å². The van der Waals surface area contributed by atoms with E-state index in [-0.39, 0.29) is 18.6 Å². The van der Waals surface area contributed by atoms with Crippen molar-refractivity contribution in [2.45, 2.75) is 31.3 Å². The maximum atomic E-state index is 14.5. The third-order valence-electron chi connectivity index (χ3n) is 4.37. The van der Waals surface area contributed by atoms with E-state index in [2.05, 4.69) is 0 Å². The number of ether oxygens (including phenoxy) is 1. The molecule has 0 spiro atoms. The van der Waals surface area contributed by atoms with Crippen LogP contribution in [0.15, 0.2) is 42.5 Å². The number of amides is 1. The molecule has 0 aliphatic heterocycles. The van der Waals surface area contributed by atoms with Crippen LogP contribution in [0.3, 0.4) is 0 Å². The van der Waals surface area contributed by atoms with Gasteiger partial charge in [-0.3, -0.25) is 10.0 Å². The molecule has 0 heterocycles. The van der Waals surface area contributed by atoms with Gasteiger partial charge in [0.2, 0.25) is 5.91 Å². The first-order valence-corrected chi connectivity index (χ1v) is 9.26. The van der Waals surface area contributed by atoms with Crippen LogP contribution in [0.4, 0.5) is 8.78 Å². The van der Waals surface area contributed by atoms with E-state index < -0.39 is 29.6 Å². The molecular weight excluding hydrogens is 390 g/mol. The summed E-state index contributed by atoms with van der Waals surface area (Å²) in [6.45, 7) is 0.658. The van der Waals surface area contributed by atoms with E-state index in [1.54, 1.807) is 29.7 Å². The Balaban J connectivity index is 2.38. The van der Waals surface area contributed by atoms with Crippen LogP contribution in [0.5, 0.6) is 0 Å². The number of nitrogens with two attached hydrogens (primary N) is 1. The molecule has 0 saturated carbocycles. The summed E-state index contributed by atoms with van der Waals surface area (Å²) in [6.07, 6.45) is -0.0760. The molecule has 152 valence electrons. The Morgan fingerprint density at radius 2 is 1.93 bits per heavy atom. The van der Waals surface area contributed by atoms with Gasteiger partial charge in [-0.15, -0.1) is 0 Å². The van der Waals surface area contributed by atoms with Gasteiger partial charge in [-0.05, 0) is 48.7 Å². The Kier molecular flexibility index (Phi) is 8.79. The number of hydroxylamine groups is 1. The van der Waals surface area contributed by atoms with Gasteiger partial charge in [-0.1, -0.05) is 29.8 Å². The first-order valence-electron chi connectivity index (χ1n) is 8.88. The Morgan fingerprint density at radius 3 is 2.54 bits per heavy atom. The van der Waals surface area contributed by atoms with Crippen LogP contribution in [0, 0.1) is 11.6 Å². The highest BCUT2D eigenvalue weighted by atomic mass is 35.5. The fraction of sp³-hybridized carbons (Fsp3) is 0.350. The SMILES string of the molecule is NCCCO[C@H](CC(=O)NO)[C@H](Cc1ccc(Cl)cc1)c1ccc(F)cc1F. The van der Waals surface area contributed by atoms with Gasteiger partial charge in [-0.2, -0.15) is 0 Å². The molecule has 2 rings (SSSR count). The molecule has 0 saturated heterocycles. The predicted octanol–water partition coefficient (Wildman–Crippen LogP) is 3.57. The molecule has 0 aromatic heterocycles. The van der Waals surface area contributed by atoms with Gasteiger partial charge in [0.1, 0.15) is 11.6 Å². The predicted molar refractivity (Wildman–Crippen MR) is 102 cm³/mol. The second kappa shape index (κ2) is 11.1. The molecule has 0 aliphatic rings. The lowest BCUT2D eigenvalue weighted by molar-refractivity contribution is -0.132. The molecular formula is C20H23ClF2N2O3. The molecule has 2 aromatic rings. The third kappa shape index (κ3) is 6.53. The monoisotopic (exact) mass is 412 g/mol. The summed E-state index contributed by atoms with van der Waals surface area (Å²) in [4.78, 5) is 11.8. The van der Waals surface area contributed by atoms with Gasteiger partial charge < -0.3 is 10.5 Å². The Labute approximate surface area is 167 Å². The highest BCUT2D eigenvalue weighted by molar-refractivity contribution is 6.30. The van der Waals surface area contributed by atoms with Crippen LogP contribution in [0.1, 0.15) is 29.9 Å². The molecule has 0 bridgehead atoms. The van der Waals surface area contributed by atoms with Crippen LogP contribution in [0.25, 0.3) is 0 Å². The van der Waals surface area contributed by atoms with Crippen LogP contribution < -0.4 is 11.2 Å². The minimum Gasteiger partial charge on any atom is -0.377 e. The Morgan fingerprint density at radius 1 is 1.21 bits per heavy atom. The van der Waals surface area contributed by atoms with Crippen molar-refractivity contribution in [3.8, 4) is 0 Å². The van der Waals surface area contributed by atoms with Crippen molar-refractivity contribution >= 4 is 17.5 Å². The van der Waals surface area contributed by atoms with Gasteiger partial charge in [0, 0.05) is 23.6 Å². The lowest BCUT2D eigenvalue weighted by Gasteiger charge is -2.28. The molecule has 28 heavy (non-hydrogen) atoms. The van der Waals surface area contributed by atoms with E-state index in [1.807, 2.05) is 0 Å². The van der Waals surface area contributed by atoms with E-state index in [0.717, 1.165) is 17.7 Å². The highest BCUT2D eigenvalue weighted by Gasteiger charge is 2.29. The topological polar surface area (TPSA) is 84.6 Å². The lowest BCUT2D eigenvalue weighted by atomic mass is 9.85. The van der Waals surface area contributed by atoms with Gasteiger partial charge in [0.05, 0.1) is 12.5 Å². The summed E-state index contributed by atoms with van der Waals surface area (Å²) >= 11 is 5.92. The first kappa shape index (κ1) is 22.2. The molecule has 0 aliphatic carbocycles. The van der Waals surface area contributed by atoms with Gasteiger partial charge in [0.25, 0.3) is 0 Å². The molecule has 5 nitrogen and oxygen atoms in total. The lowest BCUT2D eigenvalue weighted by Crippen LogP contribution is -2.32. The zero-order valence-corrected chi connectivity index (χ0v) is 16.0. The summed E-state index contributed by atoms with van der Waals surface area (Å²) in [5.74, 6) is -2.69. The normalized spacial score (nSPS) is 13.2. The number of nitrogens with one attached hydrogen (secondary N) is 1. The van der Waals surface area contributed by atoms with E-state index in [9.17, 15) is 13.6 Å². The third-order valence-corrected chi connectivity index (χ3v) is 4.62. The number of carbonyl (C=O) groups is 1. The number of carbonyl (C=O) groups excluding carboxylic acids is 1. The Bertz CT molecular complexity index is 775. The average molecular weight is 413 g/mol. The second-order valence-corrected chi connectivity index (χ2v) is 6.83. The minimum absolute atomic E-state index is 0.198. The maximum Gasteiger partial charge on any atom is 0.245 e. The zero-order chi connectivity index (χ0) is 20.5. The highest BCUT2D eigenvalue weighted by Crippen LogP contribution is 2.31. The Hall–Kier alpha value is -2.06. The van der Waals surface area contributed by atoms with E-state index in [0.29, 0.717) is 24.4 Å². The number of hydrogen-bond acceptors (Lipinski definition) is 4. The van der Waals surface area contributed by atoms with Crippen LogP contribution in [-0.4, -0.2) is 30.4 Å². The van der Waals surface area contributed by atoms with E-state index >= 15 is 0 Å². The molecule has 2 aromatic carbocycles. The van der Waals surface area contributed by atoms with Gasteiger partial charge in [-0.25, -0.2) is 14.3 Å². The number of halogens is 3. The molecule has 0 unspecified atom stereocenters. The molecule has 4 N–H and O–H groups in total. The summed E-state index contributed by atoms with van der Waals surface area (Å²) < 4.78 is 33.8. The largest absolute Gasteiger partial charge is 0.377 e. The van der Waals surface area contributed by atoms with E-state index in [4.69, 9.17) is 27.3 Å². The second-order valence-electron chi connectivity index (χ2n) is 6.39. The zero-order valence-electron chi connectivity index (χ0n) is 15.2. The van der Waals surface area contributed by atoms with Crippen molar-refractivity contribution in [1.82, 2.24) is 5.48 Å². The average Bonchev–Trinajstić information content (AvgIpc) is 2.67. The summed E-state index contributed by atoms with van der Waals surface area (Å²) in [7, 11) is 0. The number of benzene rings is 2. The summed E-state index contributed by atoms with van der Waals surface area (Å²) in [5.41, 5.74) is 8.13. The molecule has 2 atom stereocenters. The quantitative estimate of drug-likeness (QED) is 0.316. The van der Waals surface area contributed by atoms with Crippen molar-refractivity contribution < 1.29 is 23.5 Å². The number of hydrogen-bond donors (Lipinski definition) is 3. The smallest absolute Gasteiger partial charge is 0.245 e. The van der Waals surface area contributed by atoms with Gasteiger partial charge >= 0.3 is 0 Å². The number of rotatable bonds is 10. The standard InChI is InChI=1S/C20H23ClF2N2O3/c21-14-4-2-13(3-5-14)10-17(16-7-6-15(22)11-18(16)23)19(12-20(26)25-27)28-9-1-8-24/h2-7,11,17,19,27H,1,8-10,12,24H2,(H,25,26)/t17-,19-/m1/s1. The summed E-state index contributed by atoms with van der Waals surface area (Å²) in [5, 5.41) is 9.46. The van der Waals surface area contributed by atoms with Crippen LogP contribution >= 0.6 is 11.6 Å². The molecule has 0 fully saturated rings. The fourth-order valence-corrected chi connectivity index (χ4v) is 3.11. The van der Waals surface area contributed by atoms with Crippen molar-refractivity contribution in [2.75, 3.05) is 13.2 Å². The first-order chi connectivity index (χ1) is 13.4. The van der Waals surface area contributed by atoms with Crippen molar-refractivity contribution in [2.24, 2.45) is 5.73 Å². The van der Waals surface area contributed by atoms with Crippen molar-refractivity contribution in [3.05, 3.63) is 70.2 Å². The molecule has 8 heteroatoms. The van der Waals surface area contributed by atoms with E-state index in [1.165, 1.54) is 6.07 Å². The van der Waals surface area contributed by atoms with Gasteiger partial charge in [0.15, 0.2) is 0 Å². The fourth-order valence-electron chi connectivity index (χ4n) is 2.98. The summed E-state index contributed by atoms with van der Waals surface area (Å²) in [6, 6.07) is 10.3. The molecule has 1 amide bonds. The van der Waals surface area contributed by atoms with Crippen LogP contribution in [0.2, 0.25) is 5.02 Å². The van der Waals surface area contributed by atoms with Crippen molar-refractivity contribution in [3.63, 3.8) is 0 Å². The minimum atomic E-state index is -0.755. The molecule has 0 radical (unpaired) electrons. The maximum absolute atomic E-state index is 14.5. The van der Waals surface area contributed by atoms with Crippen LogP contribution in [-0.2, 0) is 16.0 Å².